The molecule has 1 aromatic carbocycles. The molecule has 2 aromatic heterocycles. The third-order valence-electron chi connectivity index (χ3n) is 4.80. The third-order valence-corrected chi connectivity index (χ3v) is 5.43. The van der Waals surface area contributed by atoms with E-state index in [0.29, 0.717) is 22.6 Å². The van der Waals surface area contributed by atoms with E-state index < -0.39 is 5.92 Å². The number of hydrogen-bond acceptors (Lipinski definition) is 3. The molecular weight excluding hydrogens is 475 g/mol. The molecule has 0 aliphatic carbocycles. The van der Waals surface area contributed by atoms with E-state index in [9.17, 15) is 8.78 Å². The molecule has 7 heteroatoms. The van der Waals surface area contributed by atoms with Crippen LogP contribution in [0.5, 0.6) is 0 Å². The van der Waals surface area contributed by atoms with E-state index in [1.807, 2.05) is 26.0 Å². The SMILES string of the molecule is CC(C)c1ncc(C(C)(F)F)cc1Cl.CC(C)c1ncccn1.Cc1ccc(C(C)C)c(Cl)c1. The fraction of sp³-hybridized carbons (Fsp3) is 0.444. The second kappa shape index (κ2) is 13.7. The van der Waals surface area contributed by atoms with Gasteiger partial charge in [0.05, 0.1) is 10.7 Å². The second-order valence-electron chi connectivity index (χ2n) is 9.08. The summed E-state index contributed by atoms with van der Waals surface area (Å²) in [6, 6.07) is 9.32. The van der Waals surface area contributed by atoms with E-state index in [-0.39, 0.29) is 11.5 Å². The molecule has 0 spiro atoms. The maximum Gasteiger partial charge on any atom is 0.272 e. The second-order valence-corrected chi connectivity index (χ2v) is 9.89. The van der Waals surface area contributed by atoms with Crippen LogP contribution in [0.3, 0.4) is 0 Å². The van der Waals surface area contributed by atoms with Crippen molar-refractivity contribution >= 4 is 23.2 Å². The summed E-state index contributed by atoms with van der Waals surface area (Å²) in [4.78, 5) is 12.1. The fourth-order valence-corrected chi connectivity index (χ4v) is 3.66. The molecule has 0 atom stereocenters. The van der Waals surface area contributed by atoms with Gasteiger partial charge in [0, 0.05) is 42.0 Å². The molecule has 186 valence electrons. The van der Waals surface area contributed by atoms with Gasteiger partial charge in [0.1, 0.15) is 5.82 Å². The van der Waals surface area contributed by atoms with Crippen LogP contribution in [-0.4, -0.2) is 15.0 Å². The van der Waals surface area contributed by atoms with Gasteiger partial charge in [-0.15, -0.1) is 0 Å². The van der Waals surface area contributed by atoms with Crippen molar-refractivity contribution in [3.63, 3.8) is 0 Å². The normalized spacial score (nSPS) is 11.1. The summed E-state index contributed by atoms with van der Waals surface area (Å²) >= 11 is 11.9. The molecule has 2 heterocycles. The third kappa shape index (κ3) is 10.0. The molecular formula is C27H35Cl2F2N3. The number of benzene rings is 1. The molecule has 0 saturated heterocycles. The molecule has 3 rings (SSSR count). The van der Waals surface area contributed by atoms with Gasteiger partial charge in [0.25, 0.3) is 5.92 Å². The molecule has 0 bridgehead atoms. The van der Waals surface area contributed by atoms with Crippen LogP contribution in [0, 0.1) is 6.92 Å². The Morgan fingerprint density at radius 3 is 1.76 bits per heavy atom. The summed E-state index contributed by atoms with van der Waals surface area (Å²) in [6.45, 7) is 15.2. The number of nitrogens with zero attached hydrogens (tertiary/aromatic N) is 3. The predicted octanol–water partition coefficient (Wildman–Crippen LogP) is 9.34. The van der Waals surface area contributed by atoms with Gasteiger partial charge in [0.2, 0.25) is 0 Å². The Balaban J connectivity index is 0.000000262. The maximum absolute atomic E-state index is 12.9. The monoisotopic (exact) mass is 509 g/mol. The van der Waals surface area contributed by atoms with E-state index in [4.69, 9.17) is 23.2 Å². The van der Waals surface area contributed by atoms with Gasteiger partial charge >= 0.3 is 0 Å². The van der Waals surface area contributed by atoms with Gasteiger partial charge in [0.15, 0.2) is 0 Å². The van der Waals surface area contributed by atoms with Crippen LogP contribution in [0.25, 0.3) is 0 Å². The summed E-state index contributed by atoms with van der Waals surface area (Å²) in [6.07, 6.45) is 4.71. The van der Waals surface area contributed by atoms with Gasteiger partial charge in [-0.05, 0) is 48.1 Å². The van der Waals surface area contributed by atoms with Crippen molar-refractivity contribution in [1.29, 1.82) is 0 Å². The molecule has 0 unspecified atom stereocenters. The Morgan fingerprint density at radius 2 is 1.38 bits per heavy atom. The summed E-state index contributed by atoms with van der Waals surface area (Å²) in [5, 5.41) is 1.19. The van der Waals surface area contributed by atoms with Gasteiger partial charge in [-0.2, -0.15) is 0 Å². The first-order chi connectivity index (χ1) is 15.7. The average molecular weight is 511 g/mol. The predicted molar refractivity (Wildman–Crippen MR) is 139 cm³/mol. The number of aryl methyl sites for hydroxylation is 1. The lowest BCUT2D eigenvalue weighted by atomic mass is 10.0. The van der Waals surface area contributed by atoms with Crippen LogP contribution < -0.4 is 0 Å². The first-order valence-corrected chi connectivity index (χ1v) is 12.1. The lowest BCUT2D eigenvalue weighted by Gasteiger charge is -2.13. The quantitative estimate of drug-likeness (QED) is 0.351. The average Bonchev–Trinajstić information content (AvgIpc) is 2.74. The Bertz CT molecular complexity index is 1020. The number of pyridine rings is 1. The number of halogens is 4. The van der Waals surface area contributed by atoms with Gasteiger partial charge in [-0.1, -0.05) is 76.9 Å². The van der Waals surface area contributed by atoms with E-state index in [2.05, 4.69) is 61.7 Å². The van der Waals surface area contributed by atoms with Crippen molar-refractivity contribution in [3.05, 3.63) is 87.2 Å². The van der Waals surface area contributed by atoms with Crippen molar-refractivity contribution in [2.75, 3.05) is 0 Å². The summed E-state index contributed by atoms with van der Waals surface area (Å²) in [5.41, 5.74) is 2.96. The number of aromatic nitrogens is 3. The van der Waals surface area contributed by atoms with Crippen molar-refractivity contribution in [3.8, 4) is 0 Å². The summed E-state index contributed by atoms with van der Waals surface area (Å²) in [7, 11) is 0. The van der Waals surface area contributed by atoms with Gasteiger partial charge < -0.3 is 0 Å². The van der Waals surface area contributed by atoms with E-state index in [0.717, 1.165) is 17.8 Å². The molecule has 3 aromatic rings. The highest BCUT2D eigenvalue weighted by molar-refractivity contribution is 6.31. The van der Waals surface area contributed by atoms with Crippen molar-refractivity contribution in [2.24, 2.45) is 0 Å². The number of alkyl halides is 2. The Kier molecular flexibility index (Phi) is 12.1. The highest BCUT2D eigenvalue weighted by Gasteiger charge is 2.25. The van der Waals surface area contributed by atoms with Crippen LogP contribution >= 0.6 is 23.2 Å². The Morgan fingerprint density at radius 1 is 0.794 bits per heavy atom. The number of hydrogen-bond donors (Lipinski definition) is 0. The van der Waals surface area contributed by atoms with Crippen LogP contribution in [-0.2, 0) is 5.92 Å². The molecule has 0 amide bonds. The summed E-state index contributed by atoms with van der Waals surface area (Å²) < 4.78 is 25.7. The first kappa shape index (κ1) is 29.9. The molecule has 34 heavy (non-hydrogen) atoms. The van der Waals surface area contributed by atoms with E-state index in [1.165, 1.54) is 23.4 Å². The zero-order chi connectivity index (χ0) is 26.1. The zero-order valence-electron chi connectivity index (χ0n) is 21.2. The van der Waals surface area contributed by atoms with E-state index in [1.54, 1.807) is 12.4 Å². The minimum absolute atomic E-state index is 0.141. The van der Waals surface area contributed by atoms with Crippen LogP contribution in [0.2, 0.25) is 10.0 Å². The zero-order valence-corrected chi connectivity index (χ0v) is 22.7. The highest BCUT2D eigenvalue weighted by atomic mass is 35.5. The van der Waals surface area contributed by atoms with Crippen LogP contribution in [0.15, 0.2) is 48.9 Å². The molecule has 0 aliphatic rings. The molecule has 0 fully saturated rings. The standard InChI is InChI=1S/C10H12ClF2N.C10H13Cl.C7H10N2/c1-6(2)9-8(11)4-7(5-14-9)10(3,12)13;1-7(2)9-5-4-8(3)6-10(9)11;1-6(2)7-8-4-3-5-9-7/h4-6H,1-3H3;4-7H,1-3H3;3-6H,1-2H3. The Labute approximate surface area is 213 Å². The summed E-state index contributed by atoms with van der Waals surface area (Å²) in [5.74, 6) is -0.875. The first-order valence-electron chi connectivity index (χ1n) is 11.3. The molecule has 0 N–H and O–H groups in total. The minimum atomic E-state index is -2.88. The molecule has 0 aliphatic heterocycles. The molecule has 0 radical (unpaired) electrons. The largest absolute Gasteiger partial charge is 0.272 e. The lowest BCUT2D eigenvalue weighted by molar-refractivity contribution is 0.0171. The minimum Gasteiger partial charge on any atom is -0.259 e. The molecule has 3 nitrogen and oxygen atoms in total. The van der Waals surface area contributed by atoms with E-state index >= 15 is 0 Å². The van der Waals surface area contributed by atoms with Crippen molar-refractivity contribution in [2.45, 2.75) is 79.1 Å². The number of rotatable bonds is 4. The van der Waals surface area contributed by atoms with Gasteiger partial charge in [-0.3, -0.25) is 4.98 Å². The highest BCUT2D eigenvalue weighted by Crippen LogP contribution is 2.31. The smallest absolute Gasteiger partial charge is 0.259 e. The van der Waals surface area contributed by atoms with Crippen LogP contribution in [0.1, 0.15) is 94.4 Å². The van der Waals surface area contributed by atoms with Crippen molar-refractivity contribution < 1.29 is 8.78 Å². The van der Waals surface area contributed by atoms with Crippen LogP contribution in [0.4, 0.5) is 8.78 Å². The topological polar surface area (TPSA) is 38.7 Å². The fourth-order valence-electron chi connectivity index (χ4n) is 2.82. The lowest BCUT2D eigenvalue weighted by Crippen LogP contribution is -2.08. The van der Waals surface area contributed by atoms with Gasteiger partial charge in [-0.25, -0.2) is 18.7 Å². The maximum atomic E-state index is 12.9. The molecule has 0 saturated carbocycles. The van der Waals surface area contributed by atoms with Crippen molar-refractivity contribution in [1.82, 2.24) is 15.0 Å². The Hall–Kier alpha value is -2.11.